The molecule has 0 aliphatic heterocycles. The molecule has 0 amide bonds. The van der Waals surface area contributed by atoms with Gasteiger partial charge in [0.1, 0.15) is 11.7 Å². The van der Waals surface area contributed by atoms with Crippen molar-refractivity contribution in [3.8, 4) is 0 Å². The Morgan fingerprint density at radius 1 is 0.889 bits per heavy atom. The highest BCUT2D eigenvalue weighted by Crippen LogP contribution is 2.69. The van der Waals surface area contributed by atoms with Crippen LogP contribution in [0.3, 0.4) is 0 Å². The monoisotopic (exact) mass is 504 g/mol. The van der Waals surface area contributed by atoms with Gasteiger partial charge in [-0.3, -0.25) is 9.59 Å². The summed E-state index contributed by atoms with van der Waals surface area (Å²) in [5, 5.41) is 0. The number of ether oxygens (including phenoxy) is 2. The van der Waals surface area contributed by atoms with Gasteiger partial charge < -0.3 is 9.47 Å². The van der Waals surface area contributed by atoms with Crippen LogP contribution in [0, 0.1) is 52.8 Å². The summed E-state index contributed by atoms with van der Waals surface area (Å²) in [4.78, 5) is 26.1. The molecular formula is C32H56O4. The average molecular weight is 505 g/mol. The van der Waals surface area contributed by atoms with Crippen LogP contribution in [0.5, 0.6) is 0 Å². The third kappa shape index (κ3) is 5.83. The topological polar surface area (TPSA) is 52.6 Å². The standard InChI is InChI=1S/C27H42O4.C3H8.C2H6/c1-15(26(2,3)4)24(28)30-21-14-17-13-20(21)23-18-11-16(22(17)23)12-19(18)25(29)31-27(5)9-7-6-8-10-27;1-3-2;1-2/h15-23H,6-14H2,1-5H3;3H2,1-2H3;1-2H3. The second kappa shape index (κ2) is 11.8. The van der Waals surface area contributed by atoms with Crippen LogP contribution in [0.15, 0.2) is 0 Å². The van der Waals surface area contributed by atoms with Crippen LogP contribution in [0.1, 0.15) is 127 Å². The summed E-state index contributed by atoms with van der Waals surface area (Å²) in [6, 6.07) is 0. The highest BCUT2D eigenvalue weighted by atomic mass is 16.6. The lowest BCUT2D eigenvalue weighted by molar-refractivity contribution is -0.172. The summed E-state index contributed by atoms with van der Waals surface area (Å²) in [5.74, 6) is 3.64. The Hall–Kier alpha value is -1.06. The van der Waals surface area contributed by atoms with Crippen LogP contribution < -0.4 is 0 Å². The molecule has 5 rings (SSSR count). The second-order valence-electron chi connectivity index (χ2n) is 13.8. The number of hydrogen-bond acceptors (Lipinski definition) is 4. The van der Waals surface area contributed by atoms with Gasteiger partial charge in [0.2, 0.25) is 0 Å². The number of hydrogen-bond donors (Lipinski definition) is 0. The minimum Gasteiger partial charge on any atom is -0.462 e. The maximum Gasteiger partial charge on any atom is 0.309 e. The first-order valence-electron chi connectivity index (χ1n) is 15.4. The molecule has 4 heteroatoms. The SMILES string of the molecule is CC.CC(C(=O)OC1CC2CC1C1C3CC(CC3C(=O)OC3(C)CCCCC3)C21)C(C)(C)C.CCC. The van der Waals surface area contributed by atoms with Gasteiger partial charge in [0, 0.05) is 0 Å². The van der Waals surface area contributed by atoms with Crippen LogP contribution in [0.2, 0.25) is 0 Å². The number of carbonyl (C=O) groups excluding carboxylic acids is 2. The van der Waals surface area contributed by atoms with E-state index in [1.807, 2.05) is 20.8 Å². The molecule has 36 heavy (non-hydrogen) atoms. The Balaban J connectivity index is 0.000000674. The van der Waals surface area contributed by atoms with E-state index in [0.29, 0.717) is 29.6 Å². The van der Waals surface area contributed by atoms with Gasteiger partial charge in [-0.2, -0.15) is 0 Å². The van der Waals surface area contributed by atoms with E-state index in [1.165, 1.54) is 38.5 Å². The number of esters is 2. The van der Waals surface area contributed by atoms with Crippen molar-refractivity contribution in [3.05, 3.63) is 0 Å². The second-order valence-corrected chi connectivity index (χ2v) is 13.8. The van der Waals surface area contributed by atoms with Crippen molar-refractivity contribution in [2.24, 2.45) is 52.8 Å². The van der Waals surface area contributed by atoms with Crippen molar-refractivity contribution in [1.82, 2.24) is 0 Å². The molecule has 4 bridgehead atoms. The lowest BCUT2D eigenvalue weighted by Crippen LogP contribution is -2.44. The van der Waals surface area contributed by atoms with Crippen LogP contribution in [-0.4, -0.2) is 23.6 Å². The lowest BCUT2D eigenvalue weighted by Gasteiger charge is -2.42. The summed E-state index contributed by atoms with van der Waals surface area (Å²) < 4.78 is 12.3. The van der Waals surface area contributed by atoms with Crippen LogP contribution >= 0.6 is 0 Å². The van der Waals surface area contributed by atoms with Gasteiger partial charge >= 0.3 is 11.9 Å². The highest BCUT2D eigenvalue weighted by Gasteiger charge is 2.66. The van der Waals surface area contributed by atoms with Crippen molar-refractivity contribution in [2.75, 3.05) is 0 Å². The van der Waals surface area contributed by atoms with Gasteiger partial charge in [0.05, 0.1) is 11.8 Å². The molecule has 4 nitrogen and oxygen atoms in total. The van der Waals surface area contributed by atoms with Crippen molar-refractivity contribution in [1.29, 1.82) is 0 Å². The molecule has 0 aromatic heterocycles. The molecular weight excluding hydrogens is 448 g/mol. The zero-order valence-corrected chi connectivity index (χ0v) is 24.9. The first-order valence-corrected chi connectivity index (χ1v) is 15.4. The molecule has 9 atom stereocenters. The number of rotatable bonds is 4. The Morgan fingerprint density at radius 3 is 2.03 bits per heavy atom. The van der Waals surface area contributed by atoms with Gasteiger partial charge in [-0.15, -0.1) is 0 Å². The summed E-state index contributed by atoms with van der Waals surface area (Å²) >= 11 is 0. The zero-order valence-electron chi connectivity index (χ0n) is 24.9. The first kappa shape index (κ1) is 29.5. The summed E-state index contributed by atoms with van der Waals surface area (Å²) in [5.41, 5.74) is -0.319. The Kier molecular flexibility index (Phi) is 9.64. The Labute approximate surface area is 222 Å². The van der Waals surface area contributed by atoms with Gasteiger partial charge in [-0.1, -0.05) is 68.2 Å². The van der Waals surface area contributed by atoms with E-state index in [1.54, 1.807) is 0 Å². The maximum absolute atomic E-state index is 13.3. The fourth-order valence-corrected chi connectivity index (χ4v) is 8.27. The Bertz CT molecular complexity index is 746. The van der Waals surface area contributed by atoms with E-state index in [-0.39, 0.29) is 40.9 Å². The number of fused-ring (bicyclic) bond motifs is 9. The molecule has 208 valence electrons. The molecule has 5 fully saturated rings. The van der Waals surface area contributed by atoms with E-state index < -0.39 is 0 Å². The third-order valence-corrected chi connectivity index (χ3v) is 10.2. The van der Waals surface area contributed by atoms with Crippen LogP contribution in [0.4, 0.5) is 0 Å². The smallest absolute Gasteiger partial charge is 0.309 e. The third-order valence-electron chi connectivity index (χ3n) is 10.2. The number of carbonyl (C=O) groups is 2. The molecule has 5 saturated carbocycles. The molecule has 0 spiro atoms. The normalized spacial score (nSPS) is 38.1. The van der Waals surface area contributed by atoms with Crippen molar-refractivity contribution in [2.45, 2.75) is 138 Å². The molecule has 0 N–H and O–H groups in total. The summed E-state index contributed by atoms with van der Waals surface area (Å²) in [6.45, 7) is 18.7. The lowest BCUT2D eigenvalue weighted by atomic mass is 9.66. The molecule has 5 aliphatic rings. The fourth-order valence-electron chi connectivity index (χ4n) is 8.27. The van der Waals surface area contributed by atoms with Crippen molar-refractivity contribution in [3.63, 3.8) is 0 Å². The molecule has 5 aliphatic carbocycles. The average Bonchev–Trinajstić information content (AvgIpc) is 3.59. The minimum atomic E-state index is -0.244. The van der Waals surface area contributed by atoms with Gasteiger partial charge in [-0.05, 0) is 99.2 Å². The van der Waals surface area contributed by atoms with E-state index in [2.05, 4.69) is 41.5 Å². The first-order chi connectivity index (χ1) is 17.0. The summed E-state index contributed by atoms with van der Waals surface area (Å²) in [6.07, 6.45) is 11.4. The van der Waals surface area contributed by atoms with E-state index in [9.17, 15) is 9.59 Å². The molecule has 0 aromatic carbocycles. The largest absolute Gasteiger partial charge is 0.462 e. The van der Waals surface area contributed by atoms with Crippen molar-refractivity contribution < 1.29 is 19.1 Å². The van der Waals surface area contributed by atoms with Crippen LogP contribution in [0.25, 0.3) is 0 Å². The molecule has 0 heterocycles. The highest BCUT2D eigenvalue weighted by molar-refractivity contribution is 5.74. The van der Waals surface area contributed by atoms with E-state index in [0.717, 1.165) is 31.6 Å². The predicted octanol–water partition coefficient (Wildman–Crippen LogP) is 8.22. The van der Waals surface area contributed by atoms with E-state index >= 15 is 0 Å². The Morgan fingerprint density at radius 2 is 1.44 bits per heavy atom. The van der Waals surface area contributed by atoms with E-state index in [4.69, 9.17) is 9.47 Å². The summed E-state index contributed by atoms with van der Waals surface area (Å²) in [7, 11) is 0. The maximum atomic E-state index is 13.3. The molecule has 0 radical (unpaired) electrons. The minimum absolute atomic E-state index is 0.0362. The van der Waals surface area contributed by atoms with Gasteiger partial charge in [-0.25, -0.2) is 0 Å². The van der Waals surface area contributed by atoms with Crippen LogP contribution in [-0.2, 0) is 19.1 Å². The van der Waals surface area contributed by atoms with Gasteiger partial charge in [0.25, 0.3) is 0 Å². The fraction of sp³-hybridized carbons (Fsp3) is 0.938. The molecule has 0 saturated heterocycles. The predicted molar refractivity (Wildman–Crippen MR) is 146 cm³/mol. The van der Waals surface area contributed by atoms with Crippen molar-refractivity contribution >= 4 is 11.9 Å². The quantitative estimate of drug-likeness (QED) is 0.286. The molecule has 0 aromatic rings. The van der Waals surface area contributed by atoms with Gasteiger partial charge in [0.15, 0.2) is 0 Å². The zero-order chi connectivity index (χ0) is 26.8. The molecule has 9 unspecified atom stereocenters.